The summed E-state index contributed by atoms with van der Waals surface area (Å²) < 4.78 is 0. The van der Waals surface area contributed by atoms with Crippen molar-refractivity contribution in [1.82, 2.24) is 10.6 Å². The van der Waals surface area contributed by atoms with Crippen molar-refractivity contribution < 1.29 is 24.6 Å². The van der Waals surface area contributed by atoms with Crippen LogP contribution < -0.4 is 16.0 Å². The highest BCUT2D eigenvalue weighted by Crippen LogP contribution is 2.24. The van der Waals surface area contributed by atoms with E-state index in [0.717, 1.165) is 6.07 Å². The number of nitrogens with one attached hydrogen (secondary N) is 3. The van der Waals surface area contributed by atoms with Gasteiger partial charge in [0.1, 0.15) is 5.75 Å². The summed E-state index contributed by atoms with van der Waals surface area (Å²) >= 11 is 0. The van der Waals surface area contributed by atoms with Gasteiger partial charge in [0.25, 0.3) is 0 Å². The molecule has 0 bridgehead atoms. The standard InChI is InChI=1S/C13H17N3O5/c1-2-14-11(18)5-6-15-13(21)16-9-4-3-8(12(19)20)7-10(9)17/h3-4,7,17H,2,5-6H2,1H3,(H,14,18)(H,19,20)(H2,15,16,21). The molecular weight excluding hydrogens is 278 g/mol. The van der Waals surface area contributed by atoms with Crippen LogP contribution in [-0.4, -0.2) is 41.2 Å². The average Bonchev–Trinajstić information content (AvgIpc) is 2.41. The lowest BCUT2D eigenvalue weighted by molar-refractivity contribution is -0.120. The molecule has 0 atom stereocenters. The Morgan fingerprint density at radius 1 is 1.19 bits per heavy atom. The van der Waals surface area contributed by atoms with E-state index in [1.54, 1.807) is 6.92 Å². The maximum Gasteiger partial charge on any atom is 0.335 e. The van der Waals surface area contributed by atoms with Crippen LogP contribution >= 0.6 is 0 Å². The highest BCUT2D eigenvalue weighted by Gasteiger charge is 2.10. The van der Waals surface area contributed by atoms with Crippen LogP contribution in [0.25, 0.3) is 0 Å². The molecule has 0 aliphatic rings. The zero-order chi connectivity index (χ0) is 15.8. The van der Waals surface area contributed by atoms with E-state index in [0.29, 0.717) is 6.54 Å². The molecule has 0 spiro atoms. The second-order valence-corrected chi connectivity index (χ2v) is 4.12. The summed E-state index contributed by atoms with van der Waals surface area (Å²) in [5, 5.41) is 25.7. The zero-order valence-electron chi connectivity index (χ0n) is 11.5. The molecule has 1 aromatic carbocycles. The molecular formula is C13H17N3O5. The van der Waals surface area contributed by atoms with Crippen LogP contribution in [0.15, 0.2) is 18.2 Å². The molecule has 1 aromatic rings. The Hall–Kier alpha value is -2.77. The molecule has 114 valence electrons. The molecule has 0 saturated carbocycles. The molecule has 0 aliphatic carbocycles. The molecule has 8 nitrogen and oxygen atoms in total. The molecule has 5 N–H and O–H groups in total. The van der Waals surface area contributed by atoms with Gasteiger partial charge in [0.2, 0.25) is 5.91 Å². The zero-order valence-corrected chi connectivity index (χ0v) is 11.5. The number of aromatic hydroxyl groups is 1. The van der Waals surface area contributed by atoms with Crippen LogP contribution in [0.2, 0.25) is 0 Å². The van der Waals surface area contributed by atoms with Gasteiger partial charge in [-0.2, -0.15) is 0 Å². The number of urea groups is 1. The second kappa shape index (κ2) is 7.73. The number of benzene rings is 1. The van der Waals surface area contributed by atoms with Crippen molar-refractivity contribution in [3.63, 3.8) is 0 Å². The summed E-state index contributed by atoms with van der Waals surface area (Å²) in [4.78, 5) is 33.4. The Labute approximate surface area is 121 Å². The van der Waals surface area contributed by atoms with Crippen molar-refractivity contribution in [3.8, 4) is 5.75 Å². The predicted molar refractivity (Wildman–Crippen MR) is 75.4 cm³/mol. The molecule has 0 aliphatic heterocycles. The number of hydrogen-bond acceptors (Lipinski definition) is 4. The van der Waals surface area contributed by atoms with Crippen molar-refractivity contribution in [1.29, 1.82) is 0 Å². The van der Waals surface area contributed by atoms with E-state index < -0.39 is 12.0 Å². The number of aromatic carboxylic acids is 1. The molecule has 0 aromatic heterocycles. The number of carboxylic acid groups (broad SMARTS) is 1. The lowest BCUT2D eigenvalue weighted by atomic mass is 10.2. The number of carboxylic acids is 1. The Morgan fingerprint density at radius 2 is 1.90 bits per heavy atom. The Bertz CT molecular complexity index is 545. The second-order valence-electron chi connectivity index (χ2n) is 4.12. The van der Waals surface area contributed by atoms with Gasteiger partial charge in [-0.25, -0.2) is 9.59 Å². The summed E-state index contributed by atoms with van der Waals surface area (Å²) in [7, 11) is 0. The quantitative estimate of drug-likeness (QED) is 0.494. The normalized spacial score (nSPS) is 9.76. The molecule has 0 heterocycles. The van der Waals surface area contributed by atoms with E-state index in [1.807, 2.05) is 0 Å². The molecule has 0 saturated heterocycles. The third kappa shape index (κ3) is 5.39. The third-order valence-electron chi connectivity index (χ3n) is 2.50. The van der Waals surface area contributed by atoms with Crippen LogP contribution in [0, 0.1) is 0 Å². The van der Waals surface area contributed by atoms with E-state index in [1.165, 1.54) is 12.1 Å². The van der Waals surface area contributed by atoms with Gasteiger partial charge >= 0.3 is 12.0 Å². The lowest BCUT2D eigenvalue weighted by Gasteiger charge is -2.09. The molecule has 0 fully saturated rings. The largest absolute Gasteiger partial charge is 0.506 e. The van der Waals surface area contributed by atoms with Gasteiger partial charge in [-0.1, -0.05) is 0 Å². The molecule has 0 radical (unpaired) electrons. The smallest absolute Gasteiger partial charge is 0.335 e. The molecule has 1 rings (SSSR count). The Kier molecular flexibility index (Phi) is 5.99. The fourth-order valence-corrected chi connectivity index (χ4v) is 1.51. The number of rotatable bonds is 6. The van der Waals surface area contributed by atoms with Crippen molar-refractivity contribution in [2.75, 3.05) is 18.4 Å². The fraction of sp³-hybridized carbons (Fsp3) is 0.308. The minimum absolute atomic E-state index is 0.0792. The van der Waals surface area contributed by atoms with Gasteiger partial charge in [-0.3, -0.25) is 4.79 Å². The lowest BCUT2D eigenvalue weighted by Crippen LogP contribution is -2.33. The highest BCUT2D eigenvalue weighted by molar-refractivity contribution is 5.93. The first-order valence-corrected chi connectivity index (χ1v) is 6.32. The first-order chi connectivity index (χ1) is 9.93. The number of carbonyl (C=O) groups is 3. The van der Waals surface area contributed by atoms with E-state index in [2.05, 4.69) is 16.0 Å². The number of hydrogen-bond donors (Lipinski definition) is 5. The van der Waals surface area contributed by atoms with Gasteiger partial charge in [0, 0.05) is 19.5 Å². The van der Waals surface area contributed by atoms with E-state index in [9.17, 15) is 19.5 Å². The van der Waals surface area contributed by atoms with Crippen molar-refractivity contribution in [2.24, 2.45) is 0 Å². The average molecular weight is 295 g/mol. The topological polar surface area (TPSA) is 128 Å². The minimum atomic E-state index is -1.18. The Morgan fingerprint density at radius 3 is 2.48 bits per heavy atom. The number of amides is 3. The minimum Gasteiger partial charge on any atom is -0.506 e. The number of phenolic OH excluding ortho intramolecular Hbond substituents is 1. The highest BCUT2D eigenvalue weighted by atomic mass is 16.4. The summed E-state index contributed by atoms with van der Waals surface area (Å²) in [6, 6.07) is 2.97. The maximum atomic E-state index is 11.5. The summed E-state index contributed by atoms with van der Waals surface area (Å²) in [6.45, 7) is 2.46. The third-order valence-corrected chi connectivity index (χ3v) is 2.50. The van der Waals surface area contributed by atoms with Crippen LogP contribution in [0.5, 0.6) is 5.75 Å². The maximum absolute atomic E-state index is 11.5. The fourth-order valence-electron chi connectivity index (χ4n) is 1.51. The summed E-state index contributed by atoms with van der Waals surface area (Å²) in [5.74, 6) is -1.71. The van der Waals surface area contributed by atoms with Crippen LogP contribution in [0.3, 0.4) is 0 Å². The van der Waals surface area contributed by atoms with Crippen molar-refractivity contribution in [3.05, 3.63) is 23.8 Å². The van der Waals surface area contributed by atoms with Gasteiger partial charge in [-0.05, 0) is 25.1 Å². The monoisotopic (exact) mass is 295 g/mol. The van der Waals surface area contributed by atoms with Crippen molar-refractivity contribution >= 4 is 23.6 Å². The van der Waals surface area contributed by atoms with Gasteiger partial charge in [-0.15, -0.1) is 0 Å². The number of anilines is 1. The van der Waals surface area contributed by atoms with E-state index in [-0.39, 0.29) is 35.9 Å². The van der Waals surface area contributed by atoms with Crippen LogP contribution in [0.1, 0.15) is 23.7 Å². The first-order valence-electron chi connectivity index (χ1n) is 6.32. The number of phenols is 1. The SMILES string of the molecule is CCNC(=O)CCNC(=O)Nc1ccc(C(=O)O)cc1O. The molecule has 21 heavy (non-hydrogen) atoms. The summed E-state index contributed by atoms with van der Waals surface area (Å²) in [5.41, 5.74) is -0.00907. The van der Waals surface area contributed by atoms with Gasteiger partial charge in [0.15, 0.2) is 0 Å². The van der Waals surface area contributed by atoms with Gasteiger partial charge in [0.05, 0.1) is 11.3 Å². The van der Waals surface area contributed by atoms with E-state index in [4.69, 9.17) is 5.11 Å². The van der Waals surface area contributed by atoms with Crippen molar-refractivity contribution in [2.45, 2.75) is 13.3 Å². The first kappa shape index (κ1) is 16.3. The molecule has 3 amide bonds. The summed E-state index contributed by atoms with van der Waals surface area (Å²) in [6.07, 6.45) is 0.144. The van der Waals surface area contributed by atoms with Gasteiger partial charge < -0.3 is 26.2 Å². The number of carbonyl (C=O) groups excluding carboxylic acids is 2. The van der Waals surface area contributed by atoms with Crippen LogP contribution in [0.4, 0.5) is 10.5 Å². The molecule has 0 unspecified atom stereocenters. The Balaban J connectivity index is 2.48. The molecule has 8 heteroatoms. The van der Waals surface area contributed by atoms with Crippen LogP contribution in [-0.2, 0) is 4.79 Å². The predicted octanol–water partition coefficient (Wildman–Crippen LogP) is 0.738. The van der Waals surface area contributed by atoms with E-state index >= 15 is 0 Å².